The van der Waals surface area contributed by atoms with Gasteiger partial charge >= 0.3 is 0 Å². The average molecular weight is 995 g/mol. The van der Waals surface area contributed by atoms with E-state index in [-0.39, 0.29) is 5.41 Å². The van der Waals surface area contributed by atoms with Gasteiger partial charge in [0.1, 0.15) is 0 Å². The lowest BCUT2D eigenvalue weighted by molar-refractivity contribution is 0.444. The van der Waals surface area contributed by atoms with E-state index in [0.29, 0.717) is 11.8 Å². The molecule has 77 heavy (non-hydrogen) atoms. The number of nitrogens with zero attached hydrogens (tertiary/aromatic N) is 2. The number of aromatic nitrogens is 1. The quantitative estimate of drug-likeness (QED) is 0.133. The molecule has 0 N–H and O–H groups in total. The van der Waals surface area contributed by atoms with Crippen LogP contribution in [0, 0.1) is 0 Å². The van der Waals surface area contributed by atoms with E-state index < -0.39 is 0 Å². The highest BCUT2D eigenvalue weighted by Crippen LogP contribution is 2.52. The fraction of sp³-hybridized carbons (Fsp3) is 0.200. The minimum absolute atomic E-state index is 0.123. The predicted octanol–water partition coefficient (Wildman–Crippen LogP) is 21.3. The summed E-state index contributed by atoms with van der Waals surface area (Å²) in [5.41, 5.74) is 25.2. The number of hydrogen-bond donors (Lipinski definition) is 0. The first-order valence-corrected chi connectivity index (χ1v) is 28.6. The maximum atomic E-state index is 2.56. The van der Waals surface area contributed by atoms with Gasteiger partial charge in [-0.2, -0.15) is 0 Å². The summed E-state index contributed by atoms with van der Waals surface area (Å²) in [5.74, 6) is 1.36. The molecular weight excluding hydrogens is 929 g/mol. The number of hydrogen-bond acceptors (Lipinski definition) is 1. The average Bonchev–Trinajstić information content (AvgIpc) is 4.08. The van der Waals surface area contributed by atoms with E-state index in [0.717, 1.165) is 17.1 Å². The largest absolute Gasteiger partial charge is 0.310 e. The summed E-state index contributed by atoms with van der Waals surface area (Å²) in [6, 6.07) is 87.0. The van der Waals surface area contributed by atoms with Crippen LogP contribution in [0.2, 0.25) is 0 Å². The van der Waals surface area contributed by atoms with Crippen molar-refractivity contribution in [3.05, 3.63) is 253 Å². The summed E-state index contributed by atoms with van der Waals surface area (Å²) in [4.78, 5) is 2.46. The van der Waals surface area contributed by atoms with Crippen molar-refractivity contribution in [1.29, 1.82) is 0 Å². The number of anilines is 3. The van der Waals surface area contributed by atoms with Crippen LogP contribution in [0.1, 0.15) is 112 Å². The molecule has 3 aliphatic rings. The normalized spacial score (nSPS) is 15.4. The molecule has 0 radical (unpaired) electrons. The lowest BCUT2D eigenvalue weighted by atomic mass is 9.82. The molecule has 1 aromatic heterocycles. The Morgan fingerprint density at radius 2 is 0.792 bits per heavy atom. The van der Waals surface area contributed by atoms with Gasteiger partial charge in [-0.25, -0.2) is 0 Å². The van der Waals surface area contributed by atoms with Crippen molar-refractivity contribution in [3.8, 4) is 61.3 Å². The first-order valence-electron chi connectivity index (χ1n) is 28.6. The zero-order valence-electron chi connectivity index (χ0n) is 44.6. The third-order valence-corrected chi connectivity index (χ3v) is 18.0. The topological polar surface area (TPSA) is 8.17 Å². The van der Waals surface area contributed by atoms with E-state index >= 15 is 0 Å². The Balaban J connectivity index is 0.775. The summed E-state index contributed by atoms with van der Waals surface area (Å²) in [7, 11) is 0. The number of fused-ring (bicyclic) bond motifs is 6. The molecule has 0 spiro atoms. The maximum absolute atomic E-state index is 2.56. The van der Waals surface area contributed by atoms with Crippen molar-refractivity contribution in [2.75, 3.05) is 4.90 Å². The van der Waals surface area contributed by atoms with Gasteiger partial charge < -0.3 is 9.47 Å². The van der Waals surface area contributed by atoms with E-state index in [1.54, 1.807) is 0 Å². The molecule has 0 aliphatic heterocycles. The smallest absolute Gasteiger partial charge is 0.0541 e. The van der Waals surface area contributed by atoms with Gasteiger partial charge in [0.05, 0.1) is 16.7 Å². The van der Waals surface area contributed by atoms with E-state index in [9.17, 15) is 0 Å². The fourth-order valence-corrected chi connectivity index (χ4v) is 13.8. The number of para-hydroxylation sites is 1. The molecule has 2 heteroatoms. The Morgan fingerprint density at radius 1 is 0.351 bits per heavy atom. The van der Waals surface area contributed by atoms with E-state index in [1.165, 1.54) is 170 Å². The van der Waals surface area contributed by atoms with Crippen LogP contribution < -0.4 is 4.90 Å². The first kappa shape index (κ1) is 47.3. The zero-order chi connectivity index (χ0) is 51.5. The van der Waals surface area contributed by atoms with Crippen molar-refractivity contribution >= 4 is 38.9 Å². The van der Waals surface area contributed by atoms with E-state index in [1.807, 2.05) is 0 Å². The van der Waals surface area contributed by atoms with Crippen molar-refractivity contribution in [2.45, 2.75) is 95.3 Å². The minimum Gasteiger partial charge on any atom is -0.310 e. The van der Waals surface area contributed by atoms with Crippen molar-refractivity contribution in [2.24, 2.45) is 0 Å². The molecule has 1 heterocycles. The molecule has 0 saturated heterocycles. The molecule has 2 fully saturated rings. The molecule has 0 bridgehead atoms. The van der Waals surface area contributed by atoms with Gasteiger partial charge in [-0.3, -0.25) is 0 Å². The molecule has 10 aromatic carbocycles. The predicted molar refractivity (Wildman–Crippen MR) is 326 cm³/mol. The van der Waals surface area contributed by atoms with Crippen LogP contribution in [0.5, 0.6) is 0 Å². The molecule has 14 rings (SSSR count). The first-order chi connectivity index (χ1) is 37.9. The molecule has 2 nitrogen and oxygen atoms in total. The molecule has 3 aliphatic carbocycles. The van der Waals surface area contributed by atoms with Gasteiger partial charge in [-0.05, 0) is 177 Å². The third kappa shape index (κ3) is 8.60. The SMILES string of the molecule is CC1(C)c2ccccc2-c2ccc(N(c3ccc(-c4ccc(-c5ccc(-n6c7ccc(C8CCCCC8)cc7c7cc(C8CCCCC8)ccc76)cc5)cc4)cc3)c3ccccc3-c3ccc(-c4ccccc4)cc3)cc21. The highest BCUT2D eigenvalue weighted by atomic mass is 15.1. The molecule has 0 atom stereocenters. The highest BCUT2D eigenvalue weighted by molar-refractivity contribution is 6.10. The fourth-order valence-electron chi connectivity index (χ4n) is 13.8. The summed E-state index contributed by atoms with van der Waals surface area (Å²) in [6.45, 7) is 4.74. The van der Waals surface area contributed by atoms with Crippen LogP contribution in [0.3, 0.4) is 0 Å². The van der Waals surface area contributed by atoms with Crippen LogP contribution in [0.15, 0.2) is 231 Å². The van der Waals surface area contributed by atoms with Gasteiger partial charge in [-0.1, -0.05) is 216 Å². The summed E-state index contributed by atoms with van der Waals surface area (Å²) in [6.07, 6.45) is 13.4. The monoisotopic (exact) mass is 995 g/mol. The van der Waals surface area contributed by atoms with Gasteiger partial charge in [0.2, 0.25) is 0 Å². The minimum atomic E-state index is -0.123. The van der Waals surface area contributed by atoms with Gasteiger partial charge in [0, 0.05) is 38.8 Å². The lowest BCUT2D eigenvalue weighted by Crippen LogP contribution is -2.16. The molecule has 376 valence electrons. The second-order valence-corrected chi connectivity index (χ2v) is 22.9. The third-order valence-electron chi connectivity index (χ3n) is 18.0. The van der Waals surface area contributed by atoms with Crippen LogP contribution in [-0.4, -0.2) is 4.57 Å². The van der Waals surface area contributed by atoms with Gasteiger partial charge in [0.25, 0.3) is 0 Å². The standard InChI is InChI=1S/C75H66N2/c1-75(2)70-24-14-12-23-66(70)67-45-44-64(50-71(67)75)76(72-25-15-13-22-65(72)59-32-30-54(31-33-59)51-16-6-3-7-17-51)62-40-34-57(35-41-62)55-26-28-56(29-27-55)58-36-42-63(43-37-58)77-73-46-38-60(52-18-8-4-9-19-52)48-68(73)69-49-61(39-47-74(69)77)53-20-10-5-11-21-53/h3,6-7,12-17,22-50,52-53H,4-5,8-11,18-21H2,1-2H3. The molecular formula is C75H66N2. The van der Waals surface area contributed by atoms with Crippen LogP contribution in [0.25, 0.3) is 83.1 Å². The molecule has 0 unspecified atom stereocenters. The van der Waals surface area contributed by atoms with Crippen LogP contribution in [0.4, 0.5) is 17.1 Å². The summed E-state index contributed by atoms with van der Waals surface area (Å²) < 4.78 is 2.52. The van der Waals surface area contributed by atoms with Crippen molar-refractivity contribution in [3.63, 3.8) is 0 Å². The maximum Gasteiger partial charge on any atom is 0.0541 e. The molecule has 2 saturated carbocycles. The number of benzene rings is 10. The summed E-state index contributed by atoms with van der Waals surface area (Å²) in [5, 5.41) is 2.82. The van der Waals surface area contributed by atoms with Crippen molar-refractivity contribution < 1.29 is 0 Å². The Labute approximate surface area is 455 Å². The van der Waals surface area contributed by atoms with Crippen LogP contribution in [-0.2, 0) is 5.41 Å². The lowest BCUT2D eigenvalue weighted by Gasteiger charge is -2.30. The number of rotatable bonds is 10. The molecule has 11 aromatic rings. The Kier molecular flexibility index (Phi) is 12.1. The summed E-state index contributed by atoms with van der Waals surface area (Å²) >= 11 is 0. The van der Waals surface area contributed by atoms with Crippen molar-refractivity contribution in [1.82, 2.24) is 4.57 Å². The van der Waals surface area contributed by atoms with E-state index in [2.05, 4.69) is 254 Å². The molecule has 0 amide bonds. The Bertz CT molecular complexity index is 3850. The second kappa shape index (κ2) is 19.7. The highest BCUT2D eigenvalue weighted by Gasteiger charge is 2.36. The Morgan fingerprint density at radius 3 is 1.36 bits per heavy atom. The van der Waals surface area contributed by atoms with Crippen LogP contribution >= 0.6 is 0 Å². The second-order valence-electron chi connectivity index (χ2n) is 22.9. The van der Waals surface area contributed by atoms with Gasteiger partial charge in [-0.15, -0.1) is 0 Å². The zero-order valence-corrected chi connectivity index (χ0v) is 44.6. The van der Waals surface area contributed by atoms with Gasteiger partial charge in [0.15, 0.2) is 0 Å². The van der Waals surface area contributed by atoms with E-state index in [4.69, 9.17) is 0 Å². The Hall–Kier alpha value is -8.20.